The lowest BCUT2D eigenvalue weighted by Gasteiger charge is -2.23. The molecule has 0 aliphatic heterocycles. The van der Waals surface area contributed by atoms with Crippen molar-refractivity contribution in [1.82, 2.24) is 4.90 Å². The first kappa shape index (κ1) is 17.7. The van der Waals surface area contributed by atoms with Gasteiger partial charge < -0.3 is 9.84 Å². The van der Waals surface area contributed by atoms with E-state index >= 15 is 0 Å². The van der Waals surface area contributed by atoms with E-state index < -0.39 is 0 Å². The van der Waals surface area contributed by atoms with E-state index in [0.717, 1.165) is 18.7 Å². The minimum absolute atomic E-state index is 0.327. The Morgan fingerprint density at radius 1 is 1.26 bits per heavy atom. The zero-order valence-electron chi connectivity index (χ0n) is 13.8. The molecule has 0 radical (unpaired) electrons. The van der Waals surface area contributed by atoms with Crippen LogP contribution in [0.5, 0.6) is 0 Å². The van der Waals surface area contributed by atoms with Crippen molar-refractivity contribution in [1.29, 1.82) is 0 Å². The number of methoxy groups -OCH3 is 1. The minimum atomic E-state index is -0.385. The van der Waals surface area contributed by atoms with Gasteiger partial charge in [0, 0.05) is 24.5 Å². The van der Waals surface area contributed by atoms with Crippen LogP contribution < -0.4 is 0 Å². The summed E-state index contributed by atoms with van der Waals surface area (Å²) in [7, 11) is 1.38. The van der Waals surface area contributed by atoms with Crippen molar-refractivity contribution in [2.24, 2.45) is 0 Å². The molecular formula is C18H23NO3S. The second-order valence-corrected chi connectivity index (χ2v) is 6.73. The summed E-state index contributed by atoms with van der Waals surface area (Å²) >= 11 is 1.74. The first-order valence-corrected chi connectivity index (χ1v) is 8.48. The number of benzene rings is 1. The third-order valence-corrected chi connectivity index (χ3v) is 4.65. The molecule has 1 aromatic carbocycles. The summed E-state index contributed by atoms with van der Waals surface area (Å²) in [5, 5.41) is 11.8. The fraction of sp³-hybridized carbons (Fsp3) is 0.389. The predicted molar refractivity (Wildman–Crippen MR) is 92.6 cm³/mol. The highest BCUT2D eigenvalue weighted by molar-refractivity contribution is 7.10. The van der Waals surface area contributed by atoms with E-state index in [0.29, 0.717) is 12.1 Å². The first-order chi connectivity index (χ1) is 11.0. The maximum absolute atomic E-state index is 11.5. The van der Waals surface area contributed by atoms with Gasteiger partial charge in [-0.15, -0.1) is 11.3 Å². The Hall–Kier alpha value is -1.69. The van der Waals surface area contributed by atoms with Crippen LogP contribution in [-0.4, -0.2) is 35.7 Å². The van der Waals surface area contributed by atoms with E-state index in [1.807, 2.05) is 12.1 Å². The van der Waals surface area contributed by atoms with E-state index in [9.17, 15) is 9.90 Å². The van der Waals surface area contributed by atoms with Gasteiger partial charge in [0.05, 0.1) is 18.8 Å². The number of rotatable bonds is 7. The fourth-order valence-corrected chi connectivity index (χ4v) is 3.40. The lowest BCUT2D eigenvalue weighted by atomic mass is 10.1. The third-order valence-electron chi connectivity index (χ3n) is 3.64. The minimum Gasteiger partial charge on any atom is -0.465 e. The van der Waals surface area contributed by atoms with Gasteiger partial charge in [-0.2, -0.15) is 0 Å². The molecule has 0 bridgehead atoms. The monoisotopic (exact) mass is 333 g/mol. The van der Waals surface area contributed by atoms with E-state index in [1.165, 1.54) is 17.6 Å². The Morgan fingerprint density at radius 2 is 1.96 bits per heavy atom. The molecule has 0 aliphatic rings. The average Bonchev–Trinajstić information content (AvgIpc) is 2.91. The number of carbonyl (C=O) groups is 1. The van der Waals surface area contributed by atoms with Crippen LogP contribution >= 0.6 is 11.3 Å². The Morgan fingerprint density at radius 3 is 2.48 bits per heavy atom. The lowest BCUT2D eigenvalue weighted by molar-refractivity contribution is 0.0600. The quantitative estimate of drug-likeness (QED) is 0.791. The van der Waals surface area contributed by atoms with Crippen molar-refractivity contribution >= 4 is 17.3 Å². The lowest BCUT2D eigenvalue weighted by Crippen LogP contribution is -2.30. The molecule has 0 aliphatic carbocycles. The summed E-state index contributed by atoms with van der Waals surface area (Å²) in [6.45, 7) is 6.05. The molecule has 0 saturated carbocycles. The fourth-order valence-electron chi connectivity index (χ4n) is 2.45. The number of ether oxygens (including phenoxy) is 1. The van der Waals surface area contributed by atoms with Crippen LogP contribution in [0.1, 0.15) is 33.3 Å². The Bertz CT molecular complexity index is 634. The van der Waals surface area contributed by atoms with Crippen molar-refractivity contribution in [2.75, 3.05) is 13.7 Å². The number of hydrogen-bond acceptors (Lipinski definition) is 5. The van der Waals surface area contributed by atoms with E-state index in [4.69, 9.17) is 4.74 Å². The standard InChI is InChI=1S/C18H23NO3S/c1-13-8-9-23-17(13)12-19(10-14(2)20)11-15-4-6-16(7-5-15)18(21)22-3/h4-9,14,20H,10-12H2,1-3H3. The highest BCUT2D eigenvalue weighted by Gasteiger charge is 2.13. The van der Waals surface area contributed by atoms with Gasteiger partial charge in [-0.05, 0) is 48.6 Å². The molecule has 5 heteroatoms. The number of aliphatic hydroxyl groups is 1. The van der Waals surface area contributed by atoms with Crippen molar-refractivity contribution < 1.29 is 14.6 Å². The predicted octanol–water partition coefficient (Wildman–Crippen LogP) is 3.23. The van der Waals surface area contributed by atoms with Gasteiger partial charge in [0.15, 0.2) is 0 Å². The topological polar surface area (TPSA) is 49.8 Å². The van der Waals surface area contributed by atoms with Crippen molar-refractivity contribution in [3.05, 3.63) is 57.3 Å². The summed E-state index contributed by atoms with van der Waals surface area (Å²) in [5.74, 6) is -0.327. The molecule has 124 valence electrons. The molecule has 0 saturated heterocycles. The summed E-state index contributed by atoms with van der Waals surface area (Å²) in [4.78, 5) is 15.0. The second kappa shape index (κ2) is 8.24. The van der Waals surface area contributed by atoms with E-state index in [-0.39, 0.29) is 12.1 Å². The zero-order valence-corrected chi connectivity index (χ0v) is 14.6. The van der Waals surface area contributed by atoms with Crippen LogP contribution in [0.3, 0.4) is 0 Å². The average molecular weight is 333 g/mol. The normalized spacial score (nSPS) is 12.4. The first-order valence-electron chi connectivity index (χ1n) is 7.60. The smallest absolute Gasteiger partial charge is 0.337 e. The molecule has 1 unspecified atom stereocenters. The highest BCUT2D eigenvalue weighted by Crippen LogP contribution is 2.19. The summed E-state index contributed by atoms with van der Waals surface area (Å²) in [5.41, 5.74) is 2.94. The van der Waals surface area contributed by atoms with Crippen LogP contribution in [0.2, 0.25) is 0 Å². The molecule has 0 spiro atoms. The number of aryl methyl sites for hydroxylation is 1. The number of esters is 1. The summed E-state index contributed by atoms with van der Waals surface area (Å²) in [6.07, 6.45) is -0.385. The Kier molecular flexibility index (Phi) is 6.33. The van der Waals surface area contributed by atoms with Gasteiger partial charge in [-0.3, -0.25) is 4.90 Å². The number of thiophene rings is 1. The van der Waals surface area contributed by atoms with Crippen LogP contribution in [0.4, 0.5) is 0 Å². The molecule has 0 fully saturated rings. The summed E-state index contributed by atoms with van der Waals surface area (Å²) in [6, 6.07) is 9.53. The SMILES string of the molecule is COC(=O)c1ccc(CN(Cc2sccc2C)CC(C)O)cc1. The molecule has 1 heterocycles. The number of nitrogens with zero attached hydrogens (tertiary/aromatic N) is 1. The number of hydrogen-bond donors (Lipinski definition) is 1. The number of carbonyl (C=O) groups excluding carboxylic acids is 1. The third kappa shape index (κ3) is 5.16. The molecule has 2 aromatic rings. The van der Waals surface area contributed by atoms with E-state index in [1.54, 1.807) is 30.4 Å². The van der Waals surface area contributed by atoms with E-state index in [2.05, 4.69) is 23.3 Å². The van der Waals surface area contributed by atoms with Crippen LogP contribution in [-0.2, 0) is 17.8 Å². The zero-order chi connectivity index (χ0) is 16.8. The van der Waals surface area contributed by atoms with Crippen molar-refractivity contribution in [2.45, 2.75) is 33.0 Å². The molecule has 1 N–H and O–H groups in total. The molecular weight excluding hydrogens is 310 g/mol. The molecule has 1 aromatic heterocycles. The van der Waals surface area contributed by atoms with Gasteiger partial charge in [0.1, 0.15) is 0 Å². The second-order valence-electron chi connectivity index (χ2n) is 5.73. The van der Waals surface area contributed by atoms with Gasteiger partial charge in [-0.1, -0.05) is 12.1 Å². The molecule has 0 amide bonds. The molecule has 1 atom stereocenters. The molecule has 4 nitrogen and oxygen atoms in total. The highest BCUT2D eigenvalue weighted by atomic mass is 32.1. The van der Waals surface area contributed by atoms with Gasteiger partial charge in [0.25, 0.3) is 0 Å². The van der Waals surface area contributed by atoms with Gasteiger partial charge in [-0.25, -0.2) is 4.79 Å². The van der Waals surface area contributed by atoms with Crippen LogP contribution in [0.25, 0.3) is 0 Å². The Balaban J connectivity index is 2.08. The number of aliphatic hydroxyl groups excluding tert-OH is 1. The van der Waals surface area contributed by atoms with Crippen LogP contribution in [0.15, 0.2) is 35.7 Å². The largest absolute Gasteiger partial charge is 0.465 e. The maximum Gasteiger partial charge on any atom is 0.337 e. The molecule has 23 heavy (non-hydrogen) atoms. The van der Waals surface area contributed by atoms with Crippen LogP contribution in [0, 0.1) is 6.92 Å². The Labute approximate surface area is 141 Å². The molecule has 2 rings (SSSR count). The van der Waals surface area contributed by atoms with Crippen molar-refractivity contribution in [3.63, 3.8) is 0 Å². The van der Waals surface area contributed by atoms with Gasteiger partial charge >= 0.3 is 5.97 Å². The van der Waals surface area contributed by atoms with Gasteiger partial charge in [0.2, 0.25) is 0 Å². The maximum atomic E-state index is 11.5. The van der Waals surface area contributed by atoms with Crippen molar-refractivity contribution in [3.8, 4) is 0 Å². The summed E-state index contributed by atoms with van der Waals surface area (Å²) < 4.78 is 4.71.